The van der Waals surface area contributed by atoms with Gasteiger partial charge in [-0.2, -0.15) is 0 Å². The lowest BCUT2D eigenvalue weighted by Crippen LogP contribution is -2.25. The SMILES string of the molecule is OC1(O)C=CC(N=Cc2ccccc2)=CC1. The molecule has 82 valence electrons. The standard InChI is InChI=1S/C13H13NO2/c15-13(16)8-6-12(7-9-13)14-10-11-4-2-1-3-5-11/h1-8,10,15-16H,9H2. The molecule has 0 radical (unpaired) electrons. The number of aliphatic hydroxyl groups is 2. The van der Waals surface area contributed by atoms with Gasteiger partial charge in [0.25, 0.3) is 0 Å². The minimum Gasteiger partial charge on any atom is -0.362 e. The normalized spacial score (nSPS) is 18.8. The smallest absolute Gasteiger partial charge is 0.186 e. The first kappa shape index (κ1) is 10.8. The molecule has 0 atom stereocenters. The summed E-state index contributed by atoms with van der Waals surface area (Å²) >= 11 is 0. The molecule has 3 nitrogen and oxygen atoms in total. The van der Waals surface area contributed by atoms with E-state index in [9.17, 15) is 10.2 Å². The molecule has 1 aromatic rings. The Kier molecular flexibility index (Phi) is 2.99. The quantitative estimate of drug-likeness (QED) is 0.582. The third kappa shape index (κ3) is 2.89. The summed E-state index contributed by atoms with van der Waals surface area (Å²) in [7, 11) is 0. The third-order valence-corrected chi connectivity index (χ3v) is 2.29. The van der Waals surface area contributed by atoms with Crippen LogP contribution in [0.25, 0.3) is 0 Å². The van der Waals surface area contributed by atoms with Gasteiger partial charge in [-0.05, 0) is 17.7 Å². The van der Waals surface area contributed by atoms with E-state index in [1.54, 1.807) is 18.4 Å². The molecule has 0 aromatic heterocycles. The van der Waals surface area contributed by atoms with Crippen molar-refractivity contribution >= 4 is 6.21 Å². The van der Waals surface area contributed by atoms with Gasteiger partial charge in [0, 0.05) is 12.6 Å². The number of allylic oxidation sites excluding steroid dienone is 1. The van der Waals surface area contributed by atoms with Crippen LogP contribution in [0.4, 0.5) is 0 Å². The molecule has 0 saturated heterocycles. The summed E-state index contributed by atoms with van der Waals surface area (Å²) in [5.41, 5.74) is 1.75. The lowest BCUT2D eigenvalue weighted by atomic mass is 10.1. The van der Waals surface area contributed by atoms with Crippen LogP contribution < -0.4 is 0 Å². The van der Waals surface area contributed by atoms with Crippen molar-refractivity contribution in [1.82, 2.24) is 0 Å². The monoisotopic (exact) mass is 215 g/mol. The van der Waals surface area contributed by atoms with E-state index in [1.807, 2.05) is 30.3 Å². The molecule has 0 aliphatic heterocycles. The number of hydrogen-bond donors (Lipinski definition) is 2. The van der Waals surface area contributed by atoms with Gasteiger partial charge in [0.1, 0.15) is 0 Å². The van der Waals surface area contributed by atoms with E-state index in [0.29, 0.717) is 0 Å². The van der Waals surface area contributed by atoms with Crippen molar-refractivity contribution in [3.63, 3.8) is 0 Å². The molecule has 3 heteroatoms. The predicted molar refractivity (Wildman–Crippen MR) is 63.0 cm³/mol. The van der Waals surface area contributed by atoms with Gasteiger partial charge in [-0.25, -0.2) is 0 Å². The Morgan fingerprint density at radius 3 is 2.56 bits per heavy atom. The Balaban J connectivity index is 2.05. The zero-order valence-electron chi connectivity index (χ0n) is 8.74. The van der Waals surface area contributed by atoms with Crippen LogP contribution in [0.5, 0.6) is 0 Å². The molecular weight excluding hydrogens is 202 g/mol. The molecule has 0 saturated carbocycles. The van der Waals surface area contributed by atoms with Crippen LogP contribution in [0.15, 0.2) is 59.2 Å². The second-order valence-corrected chi connectivity index (χ2v) is 3.71. The number of benzene rings is 1. The Bertz CT molecular complexity index is 444. The summed E-state index contributed by atoms with van der Waals surface area (Å²) in [6, 6.07) is 9.75. The van der Waals surface area contributed by atoms with Gasteiger partial charge >= 0.3 is 0 Å². The highest BCUT2D eigenvalue weighted by molar-refractivity contribution is 5.80. The van der Waals surface area contributed by atoms with Crippen LogP contribution in [0.2, 0.25) is 0 Å². The highest BCUT2D eigenvalue weighted by atomic mass is 16.5. The van der Waals surface area contributed by atoms with Gasteiger partial charge < -0.3 is 10.2 Å². The third-order valence-electron chi connectivity index (χ3n) is 2.29. The first-order valence-corrected chi connectivity index (χ1v) is 5.09. The average Bonchev–Trinajstić information content (AvgIpc) is 2.29. The molecule has 0 spiro atoms. The fourth-order valence-electron chi connectivity index (χ4n) is 1.39. The number of nitrogens with zero attached hydrogens (tertiary/aromatic N) is 1. The van der Waals surface area contributed by atoms with Gasteiger partial charge in [0.05, 0.1) is 5.70 Å². The molecule has 2 N–H and O–H groups in total. The molecular formula is C13H13NO2. The van der Waals surface area contributed by atoms with Crippen molar-refractivity contribution in [2.75, 3.05) is 0 Å². The van der Waals surface area contributed by atoms with Crippen LogP contribution in [0.1, 0.15) is 12.0 Å². The number of hydrogen-bond acceptors (Lipinski definition) is 3. The summed E-state index contributed by atoms with van der Waals surface area (Å²) in [6.45, 7) is 0. The van der Waals surface area contributed by atoms with Crippen LogP contribution in [-0.2, 0) is 0 Å². The fourth-order valence-corrected chi connectivity index (χ4v) is 1.39. The number of aliphatic imine (C=N–C) groups is 1. The Morgan fingerprint density at radius 1 is 1.19 bits per heavy atom. The highest BCUT2D eigenvalue weighted by Gasteiger charge is 2.19. The topological polar surface area (TPSA) is 52.8 Å². The van der Waals surface area contributed by atoms with Gasteiger partial charge in [0.2, 0.25) is 0 Å². The van der Waals surface area contributed by atoms with E-state index in [-0.39, 0.29) is 6.42 Å². The van der Waals surface area contributed by atoms with Gasteiger partial charge in [0.15, 0.2) is 5.79 Å². The summed E-state index contributed by atoms with van der Waals surface area (Å²) in [6.07, 6.45) is 6.55. The van der Waals surface area contributed by atoms with E-state index < -0.39 is 5.79 Å². The van der Waals surface area contributed by atoms with Gasteiger partial charge in [-0.1, -0.05) is 36.4 Å². The molecule has 0 unspecified atom stereocenters. The van der Waals surface area contributed by atoms with Crippen LogP contribution >= 0.6 is 0 Å². The van der Waals surface area contributed by atoms with Crippen molar-refractivity contribution in [3.05, 3.63) is 59.8 Å². The van der Waals surface area contributed by atoms with Crippen molar-refractivity contribution in [2.45, 2.75) is 12.2 Å². The molecule has 0 heterocycles. The maximum atomic E-state index is 9.25. The Morgan fingerprint density at radius 2 is 1.94 bits per heavy atom. The maximum absolute atomic E-state index is 9.25. The molecule has 1 aromatic carbocycles. The zero-order chi connectivity index (χ0) is 11.4. The van der Waals surface area contributed by atoms with Crippen molar-refractivity contribution in [3.8, 4) is 0 Å². The van der Waals surface area contributed by atoms with E-state index in [2.05, 4.69) is 4.99 Å². The molecule has 2 rings (SSSR count). The van der Waals surface area contributed by atoms with Crippen LogP contribution in [-0.4, -0.2) is 22.2 Å². The molecule has 1 aliphatic rings. The molecule has 0 bridgehead atoms. The van der Waals surface area contributed by atoms with Crippen LogP contribution in [0, 0.1) is 0 Å². The molecule has 1 aliphatic carbocycles. The summed E-state index contributed by atoms with van der Waals surface area (Å²) < 4.78 is 0. The first-order chi connectivity index (χ1) is 7.66. The van der Waals surface area contributed by atoms with Gasteiger partial charge in [-0.3, -0.25) is 4.99 Å². The Labute approximate surface area is 94.1 Å². The fraction of sp³-hybridized carbons (Fsp3) is 0.154. The maximum Gasteiger partial charge on any atom is 0.186 e. The van der Waals surface area contributed by atoms with Crippen LogP contribution in [0.3, 0.4) is 0 Å². The lowest BCUT2D eigenvalue weighted by molar-refractivity contribution is -0.115. The summed E-state index contributed by atoms with van der Waals surface area (Å²) in [5, 5.41) is 18.5. The summed E-state index contributed by atoms with van der Waals surface area (Å²) in [4.78, 5) is 4.25. The average molecular weight is 215 g/mol. The van der Waals surface area contributed by atoms with E-state index in [4.69, 9.17) is 0 Å². The van der Waals surface area contributed by atoms with Gasteiger partial charge in [-0.15, -0.1) is 0 Å². The molecule has 0 amide bonds. The van der Waals surface area contributed by atoms with E-state index >= 15 is 0 Å². The minimum absolute atomic E-state index is 0.172. The first-order valence-electron chi connectivity index (χ1n) is 5.09. The van der Waals surface area contributed by atoms with E-state index in [1.165, 1.54) is 6.08 Å². The lowest BCUT2D eigenvalue weighted by Gasteiger charge is -2.18. The number of rotatable bonds is 2. The van der Waals surface area contributed by atoms with Crippen molar-refractivity contribution < 1.29 is 10.2 Å². The predicted octanol–water partition coefficient (Wildman–Crippen LogP) is 1.63. The zero-order valence-corrected chi connectivity index (χ0v) is 8.74. The largest absolute Gasteiger partial charge is 0.362 e. The minimum atomic E-state index is -1.72. The molecule has 16 heavy (non-hydrogen) atoms. The van der Waals surface area contributed by atoms with Crippen molar-refractivity contribution in [1.29, 1.82) is 0 Å². The second kappa shape index (κ2) is 4.43. The second-order valence-electron chi connectivity index (χ2n) is 3.71. The summed E-state index contributed by atoms with van der Waals surface area (Å²) in [5.74, 6) is -1.72. The molecule has 0 fully saturated rings. The highest BCUT2D eigenvalue weighted by Crippen LogP contribution is 2.18. The van der Waals surface area contributed by atoms with Crippen molar-refractivity contribution in [2.24, 2.45) is 4.99 Å². The Hall–Kier alpha value is -1.71. The van der Waals surface area contributed by atoms with E-state index in [0.717, 1.165) is 11.3 Å².